The summed E-state index contributed by atoms with van der Waals surface area (Å²) in [5.74, 6) is 0.622. The van der Waals surface area contributed by atoms with E-state index in [0.29, 0.717) is 27.3 Å². The molecule has 0 bridgehead atoms. The summed E-state index contributed by atoms with van der Waals surface area (Å²) < 4.78 is 5.38. The van der Waals surface area contributed by atoms with Gasteiger partial charge in [-0.15, -0.1) is 0 Å². The third-order valence-corrected chi connectivity index (χ3v) is 4.42. The van der Waals surface area contributed by atoms with E-state index in [1.54, 1.807) is 30.4 Å². The molecule has 0 saturated carbocycles. The van der Waals surface area contributed by atoms with E-state index in [0.717, 1.165) is 11.1 Å². The van der Waals surface area contributed by atoms with E-state index < -0.39 is 0 Å². The molecule has 0 radical (unpaired) electrons. The molecule has 0 unspecified atom stereocenters. The van der Waals surface area contributed by atoms with E-state index >= 15 is 0 Å². The van der Waals surface area contributed by atoms with Crippen LogP contribution in [0, 0.1) is 0 Å². The highest BCUT2D eigenvalue weighted by molar-refractivity contribution is 6.35. The first-order valence-corrected chi connectivity index (χ1v) is 8.40. The molecule has 2 aromatic carbocycles. The van der Waals surface area contributed by atoms with E-state index in [1.807, 2.05) is 24.3 Å². The first-order valence-electron chi connectivity index (χ1n) is 7.65. The van der Waals surface area contributed by atoms with Gasteiger partial charge in [-0.3, -0.25) is 0 Å². The van der Waals surface area contributed by atoms with Crippen molar-refractivity contribution in [2.24, 2.45) is 0 Å². The lowest BCUT2D eigenvalue weighted by Gasteiger charge is -2.06. The number of esters is 1. The molecule has 0 spiro atoms. The zero-order chi connectivity index (χ0) is 17.3. The van der Waals surface area contributed by atoms with Crippen LogP contribution in [0.25, 0.3) is 11.8 Å². The predicted molar refractivity (Wildman–Crippen MR) is 99.0 cm³/mol. The van der Waals surface area contributed by atoms with Gasteiger partial charge < -0.3 is 4.74 Å². The van der Waals surface area contributed by atoms with E-state index in [4.69, 9.17) is 27.9 Å². The Morgan fingerprint density at radius 3 is 2.38 bits per heavy atom. The molecule has 0 fully saturated rings. The normalized spacial score (nSPS) is 15.8. The second kappa shape index (κ2) is 6.84. The lowest BCUT2D eigenvalue weighted by molar-refractivity contribution is -0.130. The summed E-state index contributed by atoms with van der Waals surface area (Å²) in [6.45, 7) is 4.28. The van der Waals surface area contributed by atoms with Crippen molar-refractivity contribution in [2.45, 2.75) is 19.8 Å². The van der Waals surface area contributed by atoms with Crippen LogP contribution in [0.1, 0.15) is 36.5 Å². The highest BCUT2D eigenvalue weighted by atomic mass is 35.5. The van der Waals surface area contributed by atoms with Crippen LogP contribution < -0.4 is 0 Å². The molecule has 1 aliphatic heterocycles. The molecule has 1 heterocycles. The number of hydrogen-bond acceptors (Lipinski definition) is 2. The Labute approximate surface area is 151 Å². The topological polar surface area (TPSA) is 26.3 Å². The standard InChI is InChI=1S/C20H16Cl2O2/c1-12(2)13-3-5-14(6-4-13)19-10-16(20(23)24-19)9-15-7-8-17(21)11-18(15)22/h3-12H,1-2H3/b16-9-. The SMILES string of the molecule is CC(C)c1ccc(C2=C/C(=C/c3ccc(Cl)cc3Cl)C(=O)O2)cc1. The smallest absolute Gasteiger partial charge is 0.343 e. The zero-order valence-corrected chi connectivity index (χ0v) is 14.9. The summed E-state index contributed by atoms with van der Waals surface area (Å²) in [6.07, 6.45) is 3.44. The summed E-state index contributed by atoms with van der Waals surface area (Å²) in [4.78, 5) is 12.1. The van der Waals surface area contributed by atoms with Gasteiger partial charge >= 0.3 is 5.97 Å². The minimum atomic E-state index is -0.385. The lowest BCUT2D eigenvalue weighted by atomic mass is 10.0. The molecule has 24 heavy (non-hydrogen) atoms. The van der Waals surface area contributed by atoms with Gasteiger partial charge in [-0.1, -0.05) is 67.4 Å². The first-order chi connectivity index (χ1) is 11.4. The predicted octanol–water partition coefficient (Wildman–Crippen LogP) is 6.10. The molecule has 1 aliphatic rings. The highest BCUT2D eigenvalue weighted by Gasteiger charge is 2.22. The largest absolute Gasteiger partial charge is 0.422 e. The number of carbonyl (C=O) groups is 1. The van der Waals surface area contributed by atoms with Gasteiger partial charge in [-0.25, -0.2) is 4.79 Å². The van der Waals surface area contributed by atoms with Crippen LogP contribution in [-0.4, -0.2) is 5.97 Å². The molecule has 0 aromatic heterocycles. The Kier molecular flexibility index (Phi) is 4.79. The van der Waals surface area contributed by atoms with Gasteiger partial charge in [-0.2, -0.15) is 0 Å². The van der Waals surface area contributed by atoms with Crippen LogP contribution in [-0.2, 0) is 9.53 Å². The molecule has 0 atom stereocenters. The quantitative estimate of drug-likeness (QED) is 0.489. The third kappa shape index (κ3) is 3.55. The zero-order valence-electron chi connectivity index (χ0n) is 13.3. The Morgan fingerprint density at radius 2 is 1.75 bits per heavy atom. The summed E-state index contributed by atoms with van der Waals surface area (Å²) in [7, 11) is 0. The van der Waals surface area contributed by atoms with Crippen molar-refractivity contribution in [3.05, 3.63) is 80.8 Å². The fourth-order valence-corrected chi connectivity index (χ4v) is 2.91. The van der Waals surface area contributed by atoms with Crippen LogP contribution in [0.4, 0.5) is 0 Å². The van der Waals surface area contributed by atoms with E-state index in [1.165, 1.54) is 5.56 Å². The Morgan fingerprint density at radius 1 is 1.04 bits per heavy atom. The van der Waals surface area contributed by atoms with Crippen molar-refractivity contribution >= 4 is 41.0 Å². The molecule has 0 amide bonds. The fraction of sp³-hybridized carbons (Fsp3) is 0.150. The second-order valence-electron chi connectivity index (χ2n) is 5.94. The lowest BCUT2D eigenvalue weighted by Crippen LogP contribution is -1.97. The maximum atomic E-state index is 12.1. The number of hydrogen-bond donors (Lipinski definition) is 0. The molecular formula is C20H16Cl2O2. The minimum Gasteiger partial charge on any atom is -0.422 e. The van der Waals surface area contributed by atoms with Crippen LogP contribution in [0.5, 0.6) is 0 Å². The van der Waals surface area contributed by atoms with Gasteiger partial charge in [0.05, 0.1) is 5.57 Å². The van der Waals surface area contributed by atoms with Gasteiger partial charge in [-0.05, 0) is 41.3 Å². The molecule has 4 heteroatoms. The molecule has 0 saturated heterocycles. The maximum Gasteiger partial charge on any atom is 0.343 e. The van der Waals surface area contributed by atoms with Gasteiger partial charge in [0, 0.05) is 15.6 Å². The second-order valence-corrected chi connectivity index (χ2v) is 6.78. The van der Waals surface area contributed by atoms with E-state index in [2.05, 4.69) is 13.8 Å². The summed E-state index contributed by atoms with van der Waals surface area (Å²) in [5, 5.41) is 1.04. The van der Waals surface area contributed by atoms with Crippen LogP contribution in [0.2, 0.25) is 10.0 Å². The van der Waals surface area contributed by atoms with E-state index in [9.17, 15) is 4.79 Å². The number of carbonyl (C=O) groups excluding carboxylic acids is 1. The average Bonchev–Trinajstić information content (AvgIpc) is 2.91. The molecular weight excluding hydrogens is 343 g/mol. The molecule has 2 nitrogen and oxygen atoms in total. The molecule has 0 aliphatic carbocycles. The molecule has 3 rings (SSSR count). The van der Waals surface area contributed by atoms with Crippen molar-refractivity contribution < 1.29 is 9.53 Å². The van der Waals surface area contributed by atoms with Crippen molar-refractivity contribution in [1.29, 1.82) is 0 Å². The number of halogens is 2. The Bertz CT molecular complexity index is 846. The van der Waals surface area contributed by atoms with Crippen LogP contribution in [0.3, 0.4) is 0 Å². The summed E-state index contributed by atoms with van der Waals surface area (Å²) in [6, 6.07) is 13.2. The minimum absolute atomic E-state index is 0.385. The number of rotatable bonds is 3. The third-order valence-electron chi connectivity index (χ3n) is 3.86. The fourth-order valence-electron chi connectivity index (χ4n) is 2.45. The number of benzene rings is 2. The summed E-state index contributed by atoms with van der Waals surface area (Å²) >= 11 is 12.0. The average molecular weight is 359 g/mol. The van der Waals surface area contributed by atoms with Gasteiger partial charge in [0.15, 0.2) is 0 Å². The maximum absolute atomic E-state index is 12.1. The Hall–Kier alpha value is -2.03. The molecule has 0 N–H and O–H groups in total. The van der Waals surface area contributed by atoms with Crippen molar-refractivity contribution in [3.8, 4) is 0 Å². The monoisotopic (exact) mass is 358 g/mol. The van der Waals surface area contributed by atoms with Crippen molar-refractivity contribution in [2.75, 3.05) is 0 Å². The van der Waals surface area contributed by atoms with Gasteiger partial charge in [0.1, 0.15) is 5.76 Å². The van der Waals surface area contributed by atoms with Gasteiger partial charge in [0.2, 0.25) is 0 Å². The first kappa shape index (κ1) is 16.8. The van der Waals surface area contributed by atoms with Crippen molar-refractivity contribution in [1.82, 2.24) is 0 Å². The number of ether oxygens (including phenoxy) is 1. The highest BCUT2D eigenvalue weighted by Crippen LogP contribution is 2.30. The Balaban J connectivity index is 1.91. The van der Waals surface area contributed by atoms with Crippen LogP contribution >= 0.6 is 23.2 Å². The van der Waals surface area contributed by atoms with Crippen LogP contribution in [0.15, 0.2) is 54.1 Å². The molecule has 122 valence electrons. The van der Waals surface area contributed by atoms with Gasteiger partial charge in [0.25, 0.3) is 0 Å². The van der Waals surface area contributed by atoms with Crippen molar-refractivity contribution in [3.63, 3.8) is 0 Å². The van der Waals surface area contributed by atoms with E-state index in [-0.39, 0.29) is 5.97 Å². The summed E-state index contributed by atoms with van der Waals surface area (Å²) in [5.41, 5.74) is 3.30. The molecule has 2 aromatic rings. The number of cyclic esters (lactones) is 1.